The van der Waals surface area contributed by atoms with Gasteiger partial charge in [-0.2, -0.15) is 0 Å². The number of benzene rings is 1. The number of rotatable bonds is 2. The maximum atomic E-state index is 12.5. The first kappa shape index (κ1) is 15.0. The van der Waals surface area contributed by atoms with Crippen LogP contribution in [0.2, 0.25) is 10.0 Å². The van der Waals surface area contributed by atoms with E-state index in [2.05, 4.69) is 5.32 Å². The molecule has 1 aromatic carbocycles. The smallest absolute Gasteiger partial charge is 0.271 e. The highest BCUT2D eigenvalue weighted by Crippen LogP contribution is 2.32. The Morgan fingerprint density at radius 1 is 1.50 bits per heavy atom. The number of nitrogens with one attached hydrogen (secondary N) is 1. The molecule has 1 unspecified atom stereocenters. The molecule has 0 saturated carbocycles. The van der Waals surface area contributed by atoms with Crippen LogP contribution in [0.5, 0.6) is 0 Å². The first-order chi connectivity index (χ1) is 9.41. The standard InChI is InChI=1S/C12H13Cl2N3O3/c1-7-6-15-2-3-16(7)12(18)9-4-8(17(19)20)5-10(13)11(9)14/h4-5,7,15H,2-3,6H2,1H3. The molecule has 1 atom stereocenters. The third-order valence-electron chi connectivity index (χ3n) is 3.22. The van der Waals surface area contributed by atoms with Crippen LogP contribution in [0.3, 0.4) is 0 Å². The molecule has 0 aliphatic carbocycles. The molecule has 108 valence electrons. The van der Waals surface area contributed by atoms with Gasteiger partial charge in [0.05, 0.1) is 20.5 Å². The van der Waals surface area contributed by atoms with E-state index in [1.807, 2.05) is 6.92 Å². The second-order valence-electron chi connectivity index (χ2n) is 4.60. The zero-order valence-electron chi connectivity index (χ0n) is 10.7. The highest BCUT2D eigenvalue weighted by Gasteiger charge is 2.28. The van der Waals surface area contributed by atoms with Crippen LogP contribution in [0.15, 0.2) is 12.1 Å². The van der Waals surface area contributed by atoms with Crippen LogP contribution in [0, 0.1) is 10.1 Å². The maximum absolute atomic E-state index is 12.5. The molecule has 6 nitrogen and oxygen atoms in total. The molecule has 1 aliphatic rings. The summed E-state index contributed by atoms with van der Waals surface area (Å²) >= 11 is 11.9. The van der Waals surface area contributed by atoms with E-state index in [0.717, 1.165) is 6.07 Å². The number of nitro groups is 1. The van der Waals surface area contributed by atoms with Gasteiger partial charge >= 0.3 is 0 Å². The molecule has 1 saturated heterocycles. The quantitative estimate of drug-likeness (QED) is 0.671. The lowest BCUT2D eigenvalue weighted by Gasteiger charge is -2.34. The topological polar surface area (TPSA) is 75.5 Å². The zero-order valence-corrected chi connectivity index (χ0v) is 12.2. The molecule has 0 bridgehead atoms. The summed E-state index contributed by atoms with van der Waals surface area (Å²) in [6, 6.07) is 2.30. The van der Waals surface area contributed by atoms with Crippen LogP contribution in [-0.2, 0) is 0 Å². The summed E-state index contributed by atoms with van der Waals surface area (Å²) < 4.78 is 0. The van der Waals surface area contributed by atoms with E-state index in [9.17, 15) is 14.9 Å². The predicted octanol–water partition coefficient (Wildman–Crippen LogP) is 2.34. The van der Waals surface area contributed by atoms with Crippen molar-refractivity contribution >= 4 is 34.8 Å². The van der Waals surface area contributed by atoms with Gasteiger partial charge in [0.1, 0.15) is 0 Å². The second-order valence-corrected chi connectivity index (χ2v) is 5.38. The van der Waals surface area contributed by atoms with Crippen LogP contribution in [0.1, 0.15) is 17.3 Å². The lowest BCUT2D eigenvalue weighted by atomic mass is 10.1. The Balaban J connectivity index is 2.40. The van der Waals surface area contributed by atoms with Gasteiger partial charge in [-0.15, -0.1) is 0 Å². The van der Waals surface area contributed by atoms with Crippen molar-refractivity contribution in [2.24, 2.45) is 0 Å². The third kappa shape index (κ3) is 2.87. The van der Waals surface area contributed by atoms with Crippen molar-refractivity contribution in [3.05, 3.63) is 37.9 Å². The Morgan fingerprint density at radius 3 is 2.80 bits per heavy atom. The van der Waals surface area contributed by atoms with Crippen LogP contribution >= 0.6 is 23.2 Å². The van der Waals surface area contributed by atoms with Crippen molar-refractivity contribution in [2.45, 2.75) is 13.0 Å². The Kier molecular flexibility index (Phi) is 4.47. The Morgan fingerprint density at radius 2 is 2.20 bits per heavy atom. The van der Waals surface area contributed by atoms with Gasteiger partial charge in [0.15, 0.2) is 0 Å². The maximum Gasteiger partial charge on any atom is 0.271 e. The molecular weight excluding hydrogens is 305 g/mol. The highest BCUT2D eigenvalue weighted by atomic mass is 35.5. The number of carbonyl (C=O) groups is 1. The molecule has 0 spiro atoms. The van der Waals surface area contributed by atoms with E-state index >= 15 is 0 Å². The number of nitrogens with zero attached hydrogens (tertiary/aromatic N) is 2. The van der Waals surface area contributed by atoms with E-state index in [0.29, 0.717) is 19.6 Å². The number of carbonyl (C=O) groups excluding carboxylic acids is 1. The van der Waals surface area contributed by atoms with Gasteiger partial charge in [-0.25, -0.2) is 0 Å². The number of non-ortho nitro benzene ring substituents is 1. The molecule has 1 heterocycles. The summed E-state index contributed by atoms with van der Waals surface area (Å²) in [5.74, 6) is -0.338. The minimum Gasteiger partial charge on any atom is -0.333 e. The molecule has 20 heavy (non-hydrogen) atoms. The fourth-order valence-corrected chi connectivity index (χ4v) is 2.54. The SMILES string of the molecule is CC1CNCCN1C(=O)c1cc([N+](=O)[O-])cc(Cl)c1Cl. The average molecular weight is 318 g/mol. The molecule has 1 aromatic rings. The third-order valence-corrected chi connectivity index (χ3v) is 4.02. The summed E-state index contributed by atoms with van der Waals surface area (Å²) in [4.78, 5) is 24.4. The second kappa shape index (κ2) is 5.95. The average Bonchev–Trinajstić information content (AvgIpc) is 2.41. The van der Waals surface area contributed by atoms with Crippen molar-refractivity contribution in [1.29, 1.82) is 0 Å². The van der Waals surface area contributed by atoms with Gasteiger partial charge in [-0.1, -0.05) is 23.2 Å². The van der Waals surface area contributed by atoms with Crippen molar-refractivity contribution < 1.29 is 9.72 Å². The lowest BCUT2D eigenvalue weighted by molar-refractivity contribution is -0.384. The number of nitro benzene ring substituents is 1. The monoisotopic (exact) mass is 317 g/mol. The van der Waals surface area contributed by atoms with Gasteiger partial charge in [0.25, 0.3) is 11.6 Å². The summed E-state index contributed by atoms with van der Waals surface area (Å²) in [6.45, 7) is 3.77. The van der Waals surface area contributed by atoms with Gasteiger partial charge < -0.3 is 10.2 Å². The molecular formula is C12H13Cl2N3O3. The minimum atomic E-state index is -0.597. The number of amides is 1. The summed E-state index contributed by atoms with van der Waals surface area (Å²) in [6.07, 6.45) is 0. The lowest BCUT2D eigenvalue weighted by Crippen LogP contribution is -2.52. The number of piperazine rings is 1. The fourth-order valence-electron chi connectivity index (χ4n) is 2.13. The molecule has 8 heteroatoms. The van der Waals surface area contributed by atoms with Crippen molar-refractivity contribution in [1.82, 2.24) is 10.2 Å². The van der Waals surface area contributed by atoms with Crippen molar-refractivity contribution in [3.8, 4) is 0 Å². The molecule has 1 aliphatic heterocycles. The van der Waals surface area contributed by atoms with Crippen LogP contribution in [-0.4, -0.2) is 41.4 Å². The normalized spacial score (nSPS) is 18.9. The highest BCUT2D eigenvalue weighted by molar-refractivity contribution is 6.44. The number of hydrogen-bond donors (Lipinski definition) is 1. The van der Waals surface area contributed by atoms with Gasteiger partial charge in [0, 0.05) is 37.8 Å². The van der Waals surface area contributed by atoms with E-state index in [4.69, 9.17) is 23.2 Å². The van der Waals surface area contributed by atoms with Crippen LogP contribution in [0.25, 0.3) is 0 Å². The van der Waals surface area contributed by atoms with Gasteiger partial charge in [0.2, 0.25) is 0 Å². The van der Waals surface area contributed by atoms with Gasteiger partial charge in [-0.05, 0) is 6.92 Å². The first-order valence-electron chi connectivity index (χ1n) is 6.07. The largest absolute Gasteiger partial charge is 0.333 e. The number of halogens is 2. The number of hydrogen-bond acceptors (Lipinski definition) is 4. The molecule has 2 rings (SSSR count). The Hall–Kier alpha value is -1.37. The van der Waals surface area contributed by atoms with E-state index < -0.39 is 4.92 Å². The summed E-state index contributed by atoms with van der Waals surface area (Å²) in [7, 11) is 0. The molecule has 0 radical (unpaired) electrons. The Bertz CT molecular complexity index is 565. The minimum absolute atomic E-state index is 0.00649. The van der Waals surface area contributed by atoms with E-state index in [-0.39, 0.29) is 33.2 Å². The predicted molar refractivity (Wildman–Crippen MR) is 76.5 cm³/mol. The first-order valence-corrected chi connectivity index (χ1v) is 6.82. The van der Waals surface area contributed by atoms with E-state index in [1.165, 1.54) is 6.07 Å². The van der Waals surface area contributed by atoms with Crippen LogP contribution < -0.4 is 5.32 Å². The summed E-state index contributed by atoms with van der Waals surface area (Å²) in [5.41, 5.74) is -0.176. The fraction of sp³-hybridized carbons (Fsp3) is 0.417. The summed E-state index contributed by atoms with van der Waals surface area (Å²) in [5, 5.41) is 14.1. The molecule has 1 N–H and O–H groups in total. The van der Waals surface area contributed by atoms with E-state index in [1.54, 1.807) is 4.90 Å². The van der Waals surface area contributed by atoms with Crippen LogP contribution in [0.4, 0.5) is 5.69 Å². The molecule has 0 aromatic heterocycles. The molecule has 1 fully saturated rings. The zero-order chi connectivity index (χ0) is 14.9. The Labute approximate surface area is 125 Å². The van der Waals surface area contributed by atoms with Gasteiger partial charge in [-0.3, -0.25) is 14.9 Å². The van der Waals surface area contributed by atoms with Crippen molar-refractivity contribution in [2.75, 3.05) is 19.6 Å². The van der Waals surface area contributed by atoms with Crippen molar-refractivity contribution in [3.63, 3.8) is 0 Å². The molecule has 1 amide bonds.